The molecule has 0 amide bonds. The van der Waals surface area contributed by atoms with Gasteiger partial charge < -0.3 is 4.74 Å². The van der Waals surface area contributed by atoms with E-state index in [0.717, 1.165) is 11.0 Å². The molecule has 0 aliphatic rings. The van der Waals surface area contributed by atoms with Crippen molar-refractivity contribution in [2.24, 2.45) is 7.05 Å². The van der Waals surface area contributed by atoms with Gasteiger partial charge in [0.05, 0.1) is 11.0 Å². The van der Waals surface area contributed by atoms with E-state index in [1.807, 2.05) is 30.3 Å². The molecule has 0 N–H and O–H groups in total. The zero-order chi connectivity index (χ0) is 15.6. The van der Waals surface area contributed by atoms with Crippen LogP contribution in [0.3, 0.4) is 0 Å². The summed E-state index contributed by atoms with van der Waals surface area (Å²) < 4.78 is 9.16. The lowest BCUT2D eigenvalue weighted by atomic mass is 10.3. The van der Waals surface area contributed by atoms with Crippen LogP contribution in [-0.4, -0.2) is 40.0 Å². The Kier molecular flexibility index (Phi) is 3.15. The third kappa shape index (κ3) is 2.37. The van der Waals surface area contributed by atoms with Crippen LogP contribution in [0.25, 0.3) is 17.0 Å². The number of benzene rings is 1. The third-order valence-electron chi connectivity index (χ3n) is 3.30. The highest BCUT2D eigenvalue weighted by Crippen LogP contribution is 2.24. The number of aryl methyl sites for hydroxylation is 1. The Morgan fingerprint density at radius 1 is 1.09 bits per heavy atom. The van der Waals surface area contributed by atoms with Gasteiger partial charge in [0.25, 0.3) is 5.95 Å². The molecule has 0 bridgehead atoms. The van der Waals surface area contributed by atoms with E-state index in [-0.39, 0.29) is 6.61 Å². The van der Waals surface area contributed by atoms with Crippen LogP contribution in [0, 0.1) is 0 Å². The lowest BCUT2D eigenvalue weighted by molar-refractivity contribution is 0.271. The number of hydrogen-bond acceptors (Lipinski definition) is 7. The van der Waals surface area contributed by atoms with Gasteiger partial charge in [-0.1, -0.05) is 17.2 Å². The minimum absolute atomic E-state index is 0.252. The molecule has 0 spiro atoms. The molecule has 0 aliphatic heterocycles. The van der Waals surface area contributed by atoms with Crippen molar-refractivity contribution in [1.29, 1.82) is 0 Å². The molecule has 3 heterocycles. The largest absolute Gasteiger partial charge is 0.458 e. The second-order valence-electron chi connectivity index (χ2n) is 4.82. The standard InChI is InChI=1S/C14H12N8O/c1-21-13(18-19-20-21)22-12-7-3-2-6-11(12)16-14(22)23-9-10-5-4-8-15-17-10/h2-8H,9H2,1H3. The first kappa shape index (κ1) is 13.3. The first-order valence-corrected chi connectivity index (χ1v) is 6.92. The Bertz CT molecular complexity index is 946. The van der Waals surface area contributed by atoms with Crippen molar-refractivity contribution in [1.82, 2.24) is 40.0 Å². The van der Waals surface area contributed by atoms with E-state index in [9.17, 15) is 0 Å². The molecule has 0 saturated carbocycles. The number of fused-ring (bicyclic) bond motifs is 1. The smallest absolute Gasteiger partial charge is 0.305 e. The third-order valence-corrected chi connectivity index (χ3v) is 3.30. The van der Waals surface area contributed by atoms with E-state index < -0.39 is 0 Å². The van der Waals surface area contributed by atoms with Crippen molar-refractivity contribution in [2.75, 3.05) is 0 Å². The number of tetrazole rings is 1. The molecule has 0 atom stereocenters. The summed E-state index contributed by atoms with van der Waals surface area (Å²) in [5.74, 6) is 0.521. The van der Waals surface area contributed by atoms with Gasteiger partial charge in [-0.3, -0.25) is 0 Å². The fraction of sp³-hybridized carbons (Fsp3) is 0.143. The van der Waals surface area contributed by atoms with Crippen LogP contribution in [0.5, 0.6) is 6.01 Å². The summed E-state index contributed by atoms with van der Waals surface area (Å²) in [7, 11) is 1.76. The number of para-hydroxylation sites is 2. The van der Waals surface area contributed by atoms with E-state index in [1.165, 1.54) is 0 Å². The molecule has 9 heteroatoms. The van der Waals surface area contributed by atoms with E-state index in [1.54, 1.807) is 28.6 Å². The molecular formula is C14H12N8O. The maximum absolute atomic E-state index is 5.83. The number of rotatable bonds is 4. The summed E-state index contributed by atoms with van der Waals surface area (Å²) >= 11 is 0. The summed E-state index contributed by atoms with van der Waals surface area (Å²) in [4.78, 5) is 4.51. The van der Waals surface area contributed by atoms with Gasteiger partial charge in [-0.25, -0.2) is 9.25 Å². The van der Waals surface area contributed by atoms with E-state index in [0.29, 0.717) is 17.7 Å². The van der Waals surface area contributed by atoms with Gasteiger partial charge in [-0.05, 0) is 34.7 Å². The van der Waals surface area contributed by atoms with E-state index in [4.69, 9.17) is 4.74 Å². The zero-order valence-corrected chi connectivity index (χ0v) is 12.2. The normalized spacial score (nSPS) is 11.0. The lowest BCUT2D eigenvalue weighted by Gasteiger charge is -2.07. The molecular weight excluding hydrogens is 296 g/mol. The van der Waals surface area contributed by atoms with Crippen LogP contribution >= 0.6 is 0 Å². The first-order chi connectivity index (χ1) is 11.3. The summed E-state index contributed by atoms with van der Waals surface area (Å²) in [6, 6.07) is 11.7. The highest BCUT2D eigenvalue weighted by molar-refractivity contribution is 5.78. The van der Waals surface area contributed by atoms with Gasteiger partial charge in [0.2, 0.25) is 0 Å². The predicted molar refractivity (Wildman–Crippen MR) is 79.8 cm³/mol. The Labute approximate surface area is 130 Å². The molecule has 0 saturated heterocycles. The minimum Gasteiger partial charge on any atom is -0.458 e. The van der Waals surface area contributed by atoms with Crippen LogP contribution in [0.2, 0.25) is 0 Å². The van der Waals surface area contributed by atoms with Crippen LogP contribution in [0.4, 0.5) is 0 Å². The number of nitrogens with zero attached hydrogens (tertiary/aromatic N) is 8. The summed E-state index contributed by atoms with van der Waals surface area (Å²) in [5, 5.41) is 19.4. The maximum atomic E-state index is 5.83. The molecule has 0 aliphatic carbocycles. The van der Waals surface area contributed by atoms with Crippen LogP contribution in [-0.2, 0) is 13.7 Å². The fourth-order valence-electron chi connectivity index (χ4n) is 2.26. The van der Waals surface area contributed by atoms with E-state index in [2.05, 4.69) is 30.7 Å². The van der Waals surface area contributed by atoms with Gasteiger partial charge >= 0.3 is 6.01 Å². The summed E-state index contributed by atoms with van der Waals surface area (Å²) in [6.45, 7) is 0.252. The van der Waals surface area contributed by atoms with Crippen LogP contribution in [0.15, 0.2) is 42.6 Å². The number of hydrogen-bond donors (Lipinski definition) is 0. The first-order valence-electron chi connectivity index (χ1n) is 6.92. The minimum atomic E-state index is 0.252. The van der Waals surface area contributed by atoms with Crippen LogP contribution < -0.4 is 4.74 Å². The Morgan fingerprint density at radius 3 is 2.78 bits per heavy atom. The Hall–Kier alpha value is -3.36. The van der Waals surface area contributed by atoms with Gasteiger partial charge in [-0.2, -0.15) is 15.2 Å². The quantitative estimate of drug-likeness (QED) is 0.553. The Balaban J connectivity index is 1.78. The predicted octanol–water partition coefficient (Wildman–Crippen LogP) is 0.918. The van der Waals surface area contributed by atoms with Gasteiger partial charge in [0, 0.05) is 13.2 Å². The van der Waals surface area contributed by atoms with Gasteiger partial charge in [0.15, 0.2) is 0 Å². The molecule has 1 aromatic carbocycles. The highest BCUT2D eigenvalue weighted by Gasteiger charge is 2.17. The van der Waals surface area contributed by atoms with Crippen molar-refractivity contribution in [3.63, 3.8) is 0 Å². The zero-order valence-electron chi connectivity index (χ0n) is 12.2. The molecule has 0 unspecified atom stereocenters. The van der Waals surface area contributed by atoms with E-state index >= 15 is 0 Å². The average molecular weight is 308 g/mol. The SMILES string of the molecule is Cn1nnnc1-n1c(OCc2cccnn2)nc2ccccc21. The molecule has 9 nitrogen and oxygen atoms in total. The molecule has 23 heavy (non-hydrogen) atoms. The van der Waals surface area contributed by atoms with Crippen molar-refractivity contribution in [2.45, 2.75) is 6.61 Å². The average Bonchev–Trinajstić information content (AvgIpc) is 3.16. The highest BCUT2D eigenvalue weighted by atomic mass is 16.5. The maximum Gasteiger partial charge on any atom is 0.305 e. The summed E-state index contributed by atoms with van der Waals surface area (Å²) in [5.41, 5.74) is 2.37. The topological polar surface area (TPSA) is 96.4 Å². The molecule has 4 aromatic rings. The molecule has 114 valence electrons. The van der Waals surface area contributed by atoms with Crippen molar-refractivity contribution in [3.8, 4) is 12.0 Å². The van der Waals surface area contributed by atoms with Gasteiger partial charge in [-0.15, -0.1) is 0 Å². The lowest BCUT2D eigenvalue weighted by Crippen LogP contribution is -2.08. The number of ether oxygens (including phenoxy) is 1. The second kappa shape index (κ2) is 5.44. The van der Waals surface area contributed by atoms with Crippen molar-refractivity contribution in [3.05, 3.63) is 48.3 Å². The number of aromatic nitrogens is 8. The monoisotopic (exact) mass is 308 g/mol. The molecule has 4 rings (SSSR count). The molecule has 0 radical (unpaired) electrons. The van der Waals surface area contributed by atoms with Crippen molar-refractivity contribution >= 4 is 11.0 Å². The number of imidazole rings is 1. The fourth-order valence-corrected chi connectivity index (χ4v) is 2.26. The Morgan fingerprint density at radius 2 is 2.00 bits per heavy atom. The summed E-state index contributed by atoms with van der Waals surface area (Å²) in [6.07, 6.45) is 1.62. The molecule has 3 aromatic heterocycles. The van der Waals surface area contributed by atoms with Crippen molar-refractivity contribution < 1.29 is 4.74 Å². The molecule has 0 fully saturated rings. The van der Waals surface area contributed by atoms with Crippen LogP contribution in [0.1, 0.15) is 5.69 Å². The second-order valence-corrected chi connectivity index (χ2v) is 4.82. The van der Waals surface area contributed by atoms with Gasteiger partial charge in [0.1, 0.15) is 12.3 Å².